The molecule has 2 aliphatic rings. The first-order valence-electron chi connectivity index (χ1n) is 7.00. The van der Waals surface area contributed by atoms with Gasteiger partial charge in [0.25, 0.3) is 10.2 Å². The van der Waals surface area contributed by atoms with Crippen molar-refractivity contribution in [2.24, 2.45) is 7.05 Å². The highest BCUT2D eigenvalue weighted by Gasteiger charge is 2.35. The van der Waals surface area contributed by atoms with Gasteiger partial charge in [-0.2, -0.15) is 22.1 Å². The van der Waals surface area contributed by atoms with E-state index in [1.54, 1.807) is 10.9 Å². The van der Waals surface area contributed by atoms with Gasteiger partial charge >= 0.3 is 0 Å². The van der Waals surface area contributed by atoms with E-state index >= 15 is 0 Å². The van der Waals surface area contributed by atoms with Crippen LogP contribution in [0.3, 0.4) is 0 Å². The largest absolute Gasteiger partial charge is 0.379 e. The topological polar surface area (TPSA) is 76.9 Å². The van der Waals surface area contributed by atoms with Gasteiger partial charge in [-0.25, -0.2) is 0 Å². The molecule has 1 atom stereocenters. The van der Waals surface area contributed by atoms with Crippen molar-refractivity contribution in [1.29, 1.82) is 0 Å². The summed E-state index contributed by atoms with van der Waals surface area (Å²) in [6, 6.07) is 0. The molecule has 2 fully saturated rings. The molecule has 0 aromatic carbocycles. The summed E-state index contributed by atoms with van der Waals surface area (Å²) in [5, 5.41) is 4.11. The van der Waals surface area contributed by atoms with Crippen LogP contribution in [0.4, 0.5) is 0 Å². The first-order chi connectivity index (χ1) is 10.1. The smallest absolute Gasteiger partial charge is 0.282 e. The first kappa shape index (κ1) is 14.9. The van der Waals surface area contributed by atoms with Crippen LogP contribution >= 0.6 is 0 Å². The minimum absolute atomic E-state index is 0.261. The van der Waals surface area contributed by atoms with Gasteiger partial charge in [-0.15, -0.1) is 0 Å². The summed E-state index contributed by atoms with van der Waals surface area (Å²) in [5.41, 5.74) is 0.902. The highest BCUT2D eigenvalue weighted by atomic mass is 32.2. The standard InChI is InChI=1S/C12H20N4O4S/c1-14-9-11(8-13-14)12-10-16(4-7-20-12)21(17,18)15-2-5-19-6-3-15/h8-9,12H,2-7,10H2,1H3/t12-/m0/s1. The molecular weight excluding hydrogens is 296 g/mol. The molecular formula is C12H20N4O4S. The molecule has 0 radical (unpaired) electrons. The van der Waals surface area contributed by atoms with Gasteiger partial charge in [0.05, 0.1) is 32.1 Å². The minimum Gasteiger partial charge on any atom is -0.379 e. The van der Waals surface area contributed by atoms with Crippen LogP contribution in [0.25, 0.3) is 0 Å². The van der Waals surface area contributed by atoms with Gasteiger partial charge < -0.3 is 9.47 Å². The summed E-state index contributed by atoms with van der Waals surface area (Å²) in [4.78, 5) is 0. The molecule has 0 spiro atoms. The van der Waals surface area contributed by atoms with E-state index in [2.05, 4.69) is 5.10 Å². The van der Waals surface area contributed by atoms with Crippen LogP contribution < -0.4 is 0 Å². The molecule has 8 nitrogen and oxygen atoms in total. The Bertz CT molecular complexity index is 582. The van der Waals surface area contributed by atoms with Gasteiger partial charge in [-0.1, -0.05) is 0 Å². The van der Waals surface area contributed by atoms with Crippen molar-refractivity contribution in [2.75, 3.05) is 46.0 Å². The summed E-state index contributed by atoms with van der Waals surface area (Å²) >= 11 is 0. The average Bonchev–Trinajstić information content (AvgIpc) is 2.95. The fraction of sp³-hybridized carbons (Fsp3) is 0.750. The number of rotatable bonds is 3. The maximum atomic E-state index is 12.6. The predicted octanol–water partition coefficient (Wildman–Crippen LogP) is -0.630. The van der Waals surface area contributed by atoms with Crippen LogP contribution in [0, 0.1) is 0 Å². The average molecular weight is 316 g/mol. The highest BCUT2D eigenvalue weighted by molar-refractivity contribution is 7.86. The van der Waals surface area contributed by atoms with Crippen LogP contribution in [0.5, 0.6) is 0 Å². The molecule has 0 unspecified atom stereocenters. The molecule has 3 rings (SSSR count). The van der Waals surface area contributed by atoms with Gasteiger partial charge in [0.15, 0.2) is 0 Å². The molecule has 1 aromatic heterocycles. The molecule has 9 heteroatoms. The molecule has 0 aliphatic carbocycles. The third-order valence-electron chi connectivity index (χ3n) is 3.75. The lowest BCUT2D eigenvalue weighted by Gasteiger charge is -2.36. The van der Waals surface area contributed by atoms with Crippen molar-refractivity contribution in [3.63, 3.8) is 0 Å². The SMILES string of the molecule is Cn1cc([C@@H]2CN(S(=O)(=O)N3CCOCC3)CCO2)cn1. The van der Waals surface area contributed by atoms with Crippen LogP contribution in [-0.4, -0.2) is 72.8 Å². The Morgan fingerprint density at radius 3 is 2.57 bits per heavy atom. The summed E-state index contributed by atoms with van der Waals surface area (Å²) in [6.07, 6.45) is 3.31. The normalized spacial score (nSPS) is 26.0. The van der Waals surface area contributed by atoms with Crippen molar-refractivity contribution >= 4 is 10.2 Å². The van der Waals surface area contributed by atoms with Gasteiger partial charge in [-0.05, 0) is 0 Å². The molecule has 2 saturated heterocycles. The van der Waals surface area contributed by atoms with E-state index in [1.807, 2.05) is 13.2 Å². The number of aromatic nitrogens is 2. The lowest BCUT2D eigenvalue weighted by atomic mass is 10.2. The highest BCUT2D eigenvalue weighted by Crippen LogP contribution is 2.24. The molecule has 0 saturated carbocycles. The predicted molar refractivity (Wildman–Crippen MR) is 74.8 cm³/mol. The van der Waals surface area contributed by atoms with Gasteiger partial charge in [0.1, 0.15) is 0 Å². The number of morpholine rings is 2. The Hall–Kier alpha value is -1.00. The first-order valence-corrected chi connectivity index (χ1v) is 8.40. The van der Waals surface area contributed by atoms with E-state index in [-0.39, 0.29) is 6.10 Å². The molecule has 3 heterocycles. The molecule has 21 heavy (non-hydrogen) atoms. The number of hydrogen-bond acceptors (Lipinski definition) is 5. The summed E-state index contributed by atoms with van der Waals surface area (Å²) in [6.45, 7) is 2.84. The van der Waals surface area contributed by atoms with E-state index in [9.17, 15) is 8.42 Å². The van der Waals surface area contributed by atoms with Crippen LogP contribution in [0.1, 0.15) is 11.7 Å². The van der Waals surface area contributed by atoms with Crippen molar-refractivity contribution < 1.29 is 17.9 Å². The van der Waals surface area contributed by atoms with Gasteiger partial charge in [-0.3, -0.25) is 4.68 Å². The Morgan fingerprint density at radius 1 is 1.19 bits per heavy atom. The van der Waals surface area contributed by atoms with Crippen LogP contribution in [-0.2, 0) is 26.7 Å². The Kier molecular flexibility index (Phi) is 4.27. The van der Waals surface area contributed by atoms with E-state index < -0.39 is 10.2 Å². The molecule has 1 aromatic rings. The van der Waals surface area contributed by atoms with Crippen LogP contribution in [0.15, 0.2) is 12.4 Å². The number of nitrogens with zero attached hydrogens (tertiary/aromatic N) is 4. The van der Waals surface area contributed by atoms with Crippen molar-refractivity contribution in [1.82, 2.24) is 18.4 Å². The molecule has 0 bridgehead atoms. The van der Waals surface area contributed by atoms with Gasteiger partial charge in [0.2, 0.25) is 0 Å². The zero-order valence-electron chi connectivity index (χ0n) is 12.0. The fourth-order valence-electron chi connectivity index (χ4n) is 2.58. The number of hydrogen-bond donors (Lipinski definition) is 0. The second-order valence-corrected chi connectivity index (χ2v) is 7.11. The summed E-state index contributed by atoms with van der Waals surface area (Å²) in [5.74, 6) is 0. The van der Waals surface area contributed by atoms with E-state index in [0.29, 0.717) is 46.0 Å². The zero-order chi connectivity index (χ0) is 14.9. The second-order valence-electron chi connectivity index (χ2n) is 5.18. The van der Waals surface area contributed by atoms with Gasteiger partial charge in [0, 0.05) is 45.0 Å². The molecule has 2 aliphatic heterocycles. The fourth-order valence-corrected chi connectivity index (χ4v) is 4.15. The van der Waals surface area contributed by atoms with E-state index in [0.717, 1.165) is 5.56 Å². The third kappa shape index (κ3) is 3.11. The van der Waals surface area contributed by atoms with Crippen molar-refractivity contribution in [2.45, 2.75) is 6.10 Å². The lowest BCUT2D eigenvalue weighted by molar-refractivity contribution is -0.00622. The quantitative estimate of drug-likeness (QED) is 0.742. The Balaban J connectivity index is 1.73. The maximum Gasteiger partial charge on any atom is 0.282 e. The number of aryl methyl sites for hydroxylation is 1. The van der Waals surface area contributed by atoms with Crippen molar-refractivity contribution in [3.8, 4) is 0 Å². The van der Waals surface area contributed by atoms with E-state index in [1.165, 1.54) is 8.61 Å². The zero-order valence-corrected chi connectivity index (χ0v) is 12.8. The monoisotopic (exact) mass is 316 g/mol. The minimum atomic E-state index is -3.44. The second kappa shape index (κ2) is 6.01. The van der Waals surface area contributed by atoms with Crippen molar-refractivity contribution in [3.05, 3.63) is 18.0 Å². The molecule has 0 N–H and O–H groups in total. The van der Waals surface area contributed by atoms with Crippen LogP contribution in [0.2, 0.25) is 0 Å². The molecule has 0 amide bonds. The summed E-state index contributed by atoms with van der Waals surface area (Å²) in [7, 11) is -1.61. The maximum absolute atomic E-state index is 12.6. The molecule has 118 valence electrons. The Labute approximate surface area is 124 Å². The Morgan fingerprint density at radius 2 is 1.90 bits per heavy atom. The third-order valence-corrected chi connectivity index (χ3v) is 5.75. The van der Waals surface area contributed by atoms with E-state index in [4.69, 9.17) is 9.47 Å². The lowest BCUT2D eigenvalue weighted by Crippen LogP contribution is -2.52. The number of ether oxygens (including phenoxy) is 2. The summed E-state index contributed by atoms with van der Waals surface area (Å²) < 4.78 is 40.9.